The molecule has 2 aromatic heterocycles. The topological polar surface area (TPSA) is 70.9 Å². The van der Waals surface area contributed by atoms with Crippen LogP contribution < -0.4 is 14.4 Å². The van der Waals surface area contributed by atoms with E-state index in [-0.39, 0.29) is 6.29 Å². The number of methoxy groups -OCH3 is 2. The van der Waals surface area contributed by atoms with Gasteiger partial charge in [-0.2, -0.15) is 10.1 Å². The SMILES string of the molecule is COC(OC)C1CCN(c2ccc3c(-c4ccc(OCc5ccccc5)nc4OCc4ccccc4)nn(C)c3c2)CC1. The molecule has 1 saturated heterocycles. The van der Waals surface area contributed by atoms with Crippen molar-refractivity contribution in [1.29, 1.82) is 0 Å². The van der Waals surface area contributed by atoms with Gasteiger partial charge in [0.1, 0.15) is 18.9 Å². The lowest BCUT2D eigenvalue weighted by molar-refractivity contribution is -0.141. The van der Waals surface area contributed by atoms with Gasteiger partial charge < -0.3 is 23.8 Å². The van der Waals surface area contributed by atoms with Gasteiger partial charge in [-0.05, 0) is 48.2 Å². The molecule has 43 heavy (non-hydrogen) atoms. The second-order valence-corrected chi connectivity index (χ2v) is 10.9. The molecule has 0 unspecified atom stereocenters. The van der Waals surface area contributed by atoms with Gasteiger partial charge in [0, 0.05) is 57.4 Å². The van der Waals surface area contributed by atoms with E-state index in [9.17, 15) is 0 Å². The quantitative estimate of drug-likeness (QED) is 0.163. The van der Waals surface area contributed by atoms with E-state index in [1.807, 2.05) is 84.5 Å². The maximum absolute atomic E-state index is 6.33. The summed E-state index contributed by atoms with van der Waals surface area (Å²) in [4.78, 5) is 7.23. The van der Waals surface area contributed by atoms with Crippen LogP contribution in [0.25, 0.3) is 22.2 Å². The number of ether oxygens (including phenoxy) is 4. The molecular weight excluding hydrogens is 540 g/mol. The number of aromatic nitrogens is 3. The lowest BCUT2D eigenvalue weighted by atomic mass is 9.95. The zero-order chi connectivity index (χ0) is 29.6. The molecule has 1 aliphatic rings. The van der Waals surface area contributed by atoms with Crippen LogP contribution in [0.2, 0.25) is 0 Å². The number of anilines is 1. The Labute approximate surface area is 252 Å². The normalized spacial score (nSPS) is 14.0. The van der Waals surface area contributed by atoms with Gasteiger partial charge in [0.25, 0.3) is 0 Å². The Bertz CT molecular complexity index is 1630. The van der Waals surface area contributed by atoms with Crippen LogP contribution in [0.4, 0.5) is 5.69 Å². The van der Waals surface area contributed by atoms with Crippen LogP contribution in [-0.4, -0.2) is 48.4 Å². The molecule has 222 valence electrons. The van der Waals surface area contributed by atoms with Crippen LogP contribution >= 0.6 is 0 Å². The summed E-state index contributed by atoms with van der Waals surface area (Å²) in [7, 11) is 5.42. The molecule has 8 heteroatoms. The first-order chi connectivity index (χ1) is 21.1. The molecule has 8 nitrogen and oxygen atoms in total. The van der Waals surface area contributed by atoms with Crippen molar-refractivity contribution in [1.82, 2.24) is 14.8 Å². The summed E-state index contributed by atoms with van der Waals surface area (Å²) in [6.45, 7) is 2.72. The van der Waals surface area contributed by atoms with Crippen LogP contribution in [0.3, 0.4) is 0 Å². The Morgan fingerprint density at radius 2 is 1.44 bits per heavy atom. The lowest BCUT2D eigenvalue weighted by Crippen LogP contribution is -2.39. The molecule has 0 N–H and O–H groups in total. The third-order valence-electron chi connectivity index (χ3n) is 8.13. The fraction of sp³-hybridized carbons (Fsp3) is 0.314. The second kappa shape index (κ2) is 13.3. The van der Waals surface area contributed by atoms with E-state index >= 15 is 0 Å². The van der Waals surface area contributed by atoms with Crippen molar-refractivity contribution in [2.24, 2.45) is 13.0 Å². The fourth-order valence-electron chi connectivity index (χ4n) is 5.80. The molecule has 0 bridgehead atoms. The lowest BCUT2D eigenvalue weighted by Gasteiger charge is -2.36. The van der Waals surface area contributed by atoms with E-state index in [1.165, 1.54) is 5.69 Å². The highest BCUT2D eigenvalue weighted by molar-refractivity contribution is 5.96. The average Bonchev–Trinajstić information content (AvgIpc) is 3.40. The van der Waals surface area contributed by atoms with Crippen molar-refractivity contribution >= 4 is 16.6 Å². The Balaban J connectivity index is 1.27. The van der Waals surface area contributed by atoms with Crippen molar-refractivity contribution in [2.45, 2.75) is 32.3 Å². The van der Waals surface area contributed by atoms with Gasteiger partial charge in [0.2, 0.25) is 11.8 Å². The standard InChI is InChI=1S/C35H38N4O4/c1-38-31-22-28(39-20-18-27(19-21-39)35(40-2)41-3)14-15-29(31)33(37-38)30-16-17-32(42-23-25-10-6-4-7-11-25)36-34(30)43-24-26-12-8-5-9-13-26/h4-17,22,27,35H,18-21,23-24H2,1-3H3. The summed E-state index contributed by atoms with van der Waals surface area (Å²) in [5, 5.41) is 5.99. The predicted molar refractivity (Wildman–Crippen MR) is 168 cm³/mol. The van der Waals surface area contributed by atoms with E-state index in [1.54, 1.807) is 14.2 Å². The average molecular weight is 579 g/mol. The van der Waals surface area contributed by atoms with Crippen LogP contribution in [0.5, 0.6) is 11.8 Å². The highest BCUT2D eigenvalue weighted by Gasteiger charge is 2.27. The molecule has 0 spiro atoms. The van der Waals surface area contributed by atoms with Crippen molar-refractivity contribution < 1.29 is 18.9 Å². The van der Waals surface area contributed by atoms with Gasteiger partial charge in [0.05, 0.1) is 11.1 Å². The summed E-state index contributed by atoms with van der Waals surface area (Å²) in [6.07, 6.45) is 1.90. The zero-order valence-corrected chi connectivity index (χ0v) is 25.0. The number of rotatable bonds is 11. The molecule has 0 amide bonds. The van der Waals surface area contributed by atoms with Crippen molar-refractivity contribution in [3.05, 3.63) is 102 Å². The minimum absolute atomic E-state index is 0.147. The molecule has 1 fully saturated rings. The van der Waals surface area contributed by atoms with E-state index in [0.29, 0.717) is 30.9 Å². The highest BCUT2D eigenvalue weighted by Crippen LogP contribution is 2.37. The number of piperidine rings is 1. The van der Waals surface area contributed by atoms with E-state index in [0.717, 1.165) is 59.2 Å². The number of hydrogen-bond acceptors (Lipinski definition) is 7. The number of nitrogens with zero attached hydrogens (tertiary/aromatic N) is 4. The molecule has 6 rings (SSSR count). The number of aryl methyl sites for hydroxylation is 1. The number of pyridine rings is 1. The number of benzene rings is 3. The maximum atomic E-state index is 6.33. The van der Waals surface area contributed by atoms with Crippen LogP contribution in [-0.2, 0) is 29.7 Å². The summed E-state index contributed by atoms with van der Waals surface area (Å²) in [6, 6.07) is 30.6. The molecule has 0 aliphatic carbocycles. The number of hydrogen-bond donors (Lipinski definition) is 0. The van der Waals surface area contributed by atoms with Crippen LogP contribution in [0, 0.1) is 5.92 Å². The summed E-state index contributed by atoms with van der Waals surface area (Å²) in [5.74, 6) is 1.40. The van der Waals surface area contributed by atoms with E-state index < -0.39 is 0 Å². The minimum atomic E-state index is -0.147. The minimum Gasteiger partial charge on any atom is -0.473 e. The first kappa shape index (κ1) is 28.7. The summed E-state index contributed by atoms with van der Waals surface area (Å²) in [5.41, 5.74) is 6.04. The van der Waals surface area contributed by atoms with Gasteiger partial charge in [-0.15, -0.1) is 0 Å². The zero-order valence-electron chi connectivity index (χ0n) is 25.0. The van der Waals surface area contributed by atoms with E-state index in [4.69, 9.17) is 29.0 Å². The summed E-state index contributed by atoms with van der Waals surface area (Å²) >= 11 is 0. The second-order valence-electron chi connectivity index (χ2n) is 10.9. The highest BCUT2D eigenvalue weighted by atomic mass is 16.7. The third-order valence-corrected chi connectivity index (χ3v) is 8.13. The molecular formula is C35H38N4O4. The first-order valence-electron chi connectivity index (χ1n) is 14.7. The van der Waals surface area contributed by atoms with Gasteiger partial charge in [-0.1, -0.05) is 60.7 Å². The third kappa shape index (κ3) is 6.50. The van der Waals surface area contributed by atoms with Crippen LogP contribution in [0.1, 0.15) is 24.0 Å². The Kier molecular flexibility index (Phi) is 8.86. The molecule has 1 aliphatic heterocycles. The first-order valence-corrected chi connectivity index (χ1v) is 14.7. The van der Waals surface area contributed by atoms with Gasteiger partial charge in [0.15, 0.2) is 6.29 Å². The smallest absolute Gasteiger partial charge is 0.226 e. The largest absolute Gasteiger partial charge is 0.473 e. The Morgan fingerprint density at radius 1 is 0.791 bits per heavy atom. The van der Waals surface area contributed by atoms with Gasteiger partial charge >= 0.3 is 0 Å². The number of fused-ring (bicyclic) bond motifs is 1. The molecule has 3 heterocycles. The van der Waals surface area contributed by atoms with Crippen molar-refractivity contribution in [3.63, 3.8) is 0 Å². The Morgan fingerprint density at radius 3 is 2.09 bits per heavy atom. The molecule has 0 saturated carbocycles. The van der Waals surface area contributed by atoms with Gasteiger partial charge in [-0.3, -0.25) is 4.68 Å². The van der Waals surface area contributed by atoms with Crippen LogP contribution in [0.15, 0.2) is 91.0 Å². The Hall–Kier alpha value is -4.40. The molecule has 0 radical (unpaired) electrons. The van der Waals surface area contributed by atoms with Crippen molar-refractivity contribution in [3.8, 4) is 23.0 Å². The fourth-order valence-corrected chi connectivity index (χ4v) is 5.80. The van der Waals surface area contributed by atoms with Gasteiger partial charge in [-0.25, -0.2) is 0 Å². The predicted octanol–water partition coefficient (Wildman–Crippen LogP) is 6.63. The van der Waals surface area contributed by atoms with E-state index in [2.05, 4.69) is 23.1 Å². The van der Waals surface area contributed by atoms with Crippen molar-refractivity contribution in [2.75, 3.05) is 32.2 Å². The molecule has 5 aromatic rings. The maximum Gasteiger partial charge on any atom is 0.226 e. The molecule has 0 atom stereocenters. The monoisotopic (exact) mass is 578 g/mol. The summed E-state index contributed by atoms with van der Waals surface area (Å²) < 4.78 is 25.3. The molecule has 3 aromatic carbocycles.